The van der Waals surface area contributed by atoms with Crippen molar-refractivity contribution in [2.45, 2.75) is 20.3 Å². The minimum Gasteiger partial charge on any atom is -0.385 e. The predicted molar refractivity (Wildman–Crippen MR) is 55.0 cm³/mol. The molecule has 1 N–H and O–H groups in total. The van der Waals surface area contributed by atoms with Gasteiger partial charge in [0.2, 0.25) is 0 Å². The maximum absolute atomic E-state index is 11.8. The number of hydrogen-bond acceptors (Lipinski definition) is 1. The summed E-state index contributed by atoms with van der Waals surface area (Å²) in [6.45, 7) is 4.58. The van der Waals surface area contributed by atoms with Gasteiger partial charge in [0.1, 0.15) is 0 Å². The molecule has 0 saturated heterocycles. The van der Waals surface area contributed by atoms with Crippen molar-refractivity contribution < 1.29 is 4.39 Å². The van der Waals surface area contributed by atoms with Gasteiger partial charge in [-0.15, -0.1) is 0 Å². The van der Waals surface area contributed by atoms with Crippen molar-refractivity contribution in [2.24, 2.45) is 0 Å². The maximum atomic E-state index is 11.8. The van der Waals surface area contributed by atoms with E-state index in [-0.39, 0.29) is 6.67 Å². The van der Waals surface area contributed by atoms with Gasteiger partial charge in [-0.2, -0.15) is 0 Å². The van der Waals surface area contributed by atoms with Crippen LogP contribution in [0.1, 0.15) is 17.5 Å². The van der Waals surface area contributed by atoms with Crippen molar-refractivity contribution in [1.82, 2.24) is 0 Å². The Kier molecular flexibility index (Phi) is 3.74. The Morgan fingerprint density at radius 3 is 2.31 bits per heavy atom. The molecule has 0 atom stereocenters. The molecule has 0 radical (unpaired) electrons. The Morgan fingerprint density at radius 2 is 1.77 bits per heavy atom. The van der Waals surface area contributed by atoms with Crippen LogP contribution >= 0.6 is 0 Å². The highest BCUT2D eigenvalue weighted by atomic mass is 19.1. The first-order valence-corrected chi connectivity index (χ1v) is 4.60. The summed E-state index contributed by atoms with van der Waals surface area (Å²) < 4.78 is 11.8. The fourth-order valence-corrected chi connectivity index (χ4v) is 1.38. The lowest BCUT2D eigenvalue weighted by molar-refractivity contribution is 0.481. The van der Waals surface area contributed by atoms with Crippen molar-refractivity contribution in [3.8, 4) is 0 Å². The average molecular weight is 181 g/mol. The minimum atomic E-state index is -0.252. The monoisotopic (exact) mass is 181 g/mol. The Labute approximate surface area is 79.0 Å². The smallest absolute Gasteiger partial charge is 0.0911 e. The van der Waals surface area contributed by atoms with Crippen LogP contribution in [0.25, 0.3) is 0 Å². The van der Waals surface area contributed by atoms with E-state index in [1.807, 2.05) is 0 Å². The second-order valence-electron chi connectivity index (χ2n) is 3.35. The first-order chi connectivity index (χ1) is 6.22. The van der Waals surface area contributed by atoms with Gasteiger partial charge in [-0.25, -0.2) is 0 Å². The molecule has 0 aliphatic carbocycles. The summed E-state index contributed by atoms with van der Waals surface area (Å²) >= 11 is 0. The van der Waals surface area contributed by atoms with Gasteiger partial charge >= 0.3 is 0 Å². The van der Waals surface area contributed by atoms with Gasteiger partial charge in [0, 0.05) is 12.2 Å². The van der Waals surface area contributed by atoms with Crippen LogP contribution in [-0.2, 0) is 0 Å². The van der Waals surface area contributed by atoms with E-state index in [1.165, 1.54) is 11.1 Å². The van der Waals surface area contributed by atoms with Crippen LogP contribution in [0.4, 0.5) is 10.1 Å². The van der Waals surface area contributed by atoms with E-state index >= 15 is 0 Å². The van der Waals surface area contributed by atoms with Crippen molar-refractivity contribution >= 4 is 5.69 Å². The molecule has 0 heterocycles. The molecular formula is C11H16FN. The van der Waals surface area contributed by atoms with Gasteiger partial charge in [0.05, 0.1) is 6.67 Å². The highest BCUT2D eigenvalue weighted by Gasteiger charge is 1.94. The Balaban J connectivity index is 2.56. The van der Waals surface area contributed by atoms with E-state index in [4.69, 9.17) is 0 Å². The van der Waals surface area contributed by atoms with Crippen molar-refractivity contribution in [3.63, 3.8) is 0 Å². The van der Waals surface area contributed by atoms with Crippen LogP contribution < -0.4 is 5.32 Å². The molecule has 72 valence electrons. The van der Waals surface area contributed by atoms with Crippen LogP contribution in [0.3, 0.4) is 0 Å². The number of alkyl halides is 1. The predicted octanol–water partition coefficient (Wildman–Crippen LogP) is 3.07. The van der Waals surface area contributed by atoms with E-state index < -0.39 is 0 Å². The molecule has 2 heteroatoms. The molecule has 1 aromatic rings. The van der Waals surface area contributed by atoms with Crippen LogP contribution in [0, 0.1) is 13.8 Å². The quantitative estimate of drug-likeness (QED) is 0.704. The van der Waals surface area contributed by atoms with Gasteiger partial charge in [-0.3, -0.25) is 4.39 Å². The highest BCUT2D eigenvalue weighted by molar-refractivity contribution is 5.48. The molecule has 0 amide bonds. The normalized spacial score (nSPS) is 10.1. The molecule has 0 fully saturated rings. The topological polar surface area (TPSA) is 12.0 Å². The zero-order valence-corrected chi connectivity index (χ0v) is 8.23. The molecule has 0 unspecified atom stereocenters. The summed E-state index contributed by atoms with van der Waals surface area (Å²) in [5, 5.41) is 3.19. The third-order valence-corrected chi connectivity index (χ3v) is 1.86. The summed E-state index contributed by atoms with van der Waals surface area (Å²) in [6, 6.07) is 6.27. The van der Waals surface area contributed by atoms with E-state index in [1.54, 1.807) is 0 Å². The Bertz CT molecular complexity index is 251. The average Bonchev–Trinajstić information content (AvgIpc) is 2.03. The second kappa shape index (κ2) is 4.85. The van der Waals surface area contributed by atoms with E-state index in [9.17, 15) is 4.39 Å². The van der Waals surface area contributed by atoms with Crippen LogP contribution in [0.2, 0.25) is 0 Å². The molecule has 1 rings (SSSR count). The van der Waals surface area contributed by atoms with Gasteiger partial charge in [-0.05, 0) is 43.5 Å². The van der Waals surface area contributed by atoms with E-state index in [2.05, 4.69) is 37.4 Å². The lowest BCUT2D eigenvalue weighted by Gasteiger charge is -2.07. The lowest BCUT2D eigenvalue weighted by Crippen LogP contribution is -2.02. The zero-order valence-electron chi connectivity index (χ0n) is 8.23. The lowest BCUT2D eigenvalue weighted by atomic mass is 10.1. The van der Waals surface area contributed by atoms with Gasteiger partial charge in [0.25, 0.3) is 0 Å². The summed E-state index contributed by atoms with van der Waals surface area (Å²) in [5.74, 6) is 0. The van der Waals surface area contributed by atoms with Crippen LogP contribution in [0.15, 0.2) is 18.2 Å². The van der Waals surface area contributed by atoms with Crippen LogP contribution in [0.5, 0.6) is 0 Å². The number of nitrogens with one attached hydrogen (secondary N) is 1. The molecule has 0 spiro atoms. The molecule has 0 aliphatic rings. The standard InChI is InChI=1S/C11H16FN/c1-9-6-10(2)8-11(7-9)13-5-3-4-12/h6-8,13H,3-5H2,1-2H3. The van der Waals surface area contributed by atoms with E-state index in [0.29, 0.717) is 13.0 Å². The number of hydrogen-bond donors (Lipinski definition) is 1. The third-order valence-electron chi connectivity index (χ3n) is 1.86. The van der Waals surface area contributed by atoms with E-state index in [0.717, 1.165) is 5.69 Å². The number of rotatable bonds is 4. The largest absolute Gasteiger partial charge is 0.385 e. The molecular weight excluding hydrogens is 165 g/mol. The first kappa shape index (κ1) is 10.0. The van der Waals surface area contributed by atoms with Crippen LogP contribution in [-0.4, -0.2) is 13.2 Å². The second-order valence-corrected chi connectivity index (χ2v) is 3.35. The van der Waals surface area contributed by atoms with Crippen molar-refractivity contribution in [2.75, 3.05) is 18.5 Å². The number of benzene rings is 1. The molecule has 13 heavy (non-hydrogen) atoms. The van der Waals surface area contributed by atoms with Gasteiger partial charge < -0.3 is 5.32 Å². The summed E-state index contributed by atoms with van der Waals surface area (Å²) in [7, 11) is 0. The first-order valence-electron chi connectivity index (χ1n) is 4.60. The summed E-state index contributed by atoms with van der Waals surface area (Å²) in [5.41, 5.74) is 3.57. The SMILES string of the molecule is Cc1cc(C)cc(NCCCF)c1. The van der Waals surface area contributed by atoms with Crippen molar-refractivity contribution in [3.05, 3.63) is 29.3 Å². The van der Waals surface area contributed by atoms with Crippen molar-refractivity contribution in [1.29, 1.82) is 0 Å². The maximum Gasteiger partial charge on any atom is 0.0911 e. The Morgan fingerprint density at radius 1 is 1.15 bits per heavy atom. The number of anilines is 1. The zero-order chi connectivity index (χ0) is 9.68. The van der Waals surface area contributed by atoms with Gasteiger partial charge in [-0.1, -0.05) is 6.07 Å². The Hall–Kier alpha value is -1.05. The van der Waals surface area contributed by atoms with Gasteiger partial charge in [0.15, 0.2) is 0 Å². The highest BCUT2D eigenvalue weighted by Crippen LogP contribution is 2.13. The summed E-state index contributed by atoms with van der Waals surface area (Å²) in [4.78, 5) is 0. The fourth-order valence-electron chi connectivity index (χ4n) is 1.38. The molecule has 1 aromatic carbocycles. The number of halogens is 1. The minimum absolute atomic E-state index is 0.252. The molecule has 1 nitrogen and oxygen atoms in total. The molecule has 0 aromatic heterocycles. The fraction of sp³-hybridized carbons (Fsp3) is 0.455. The number of aryl methyl sites for hydroxylation is 2. The third kappa shape index (κ3) is 3.45. The summed E-state index contributed by atoms with van der Waals surface area (Å²) in [6.07, 6.45) is 0.576. The molecule has 0 aliphatic heterocycles. The molecule has 0 saturated carbocycles. The molecule has 0 bridgehead atoms.